The van der Waals surface area contributed by atoms with Gasteiger partial charge in [-0.2, -0.15) is 0 Å². The van der Waals surface area contributed by atoms with Crippen LogP contribution in [0.25, 0.3) is 0 Å². The number of primary amides is 1. The molecule has 0 aliphatic carbocycles. The van der Waals surface area contributed by atoms with E-state index in [9.17, 15) is 9.59 Å². The Bertz CT molecular complexity index is 758. The van der Waals surface area contributed by atoms with Crippen molar-refractivity contribution in [3.8, 4) is 0 Å². The van der Waals surface area contributed by atoms with Crippen LogP contribution in [0.3, 0.4) is 0 Å². The predicted molar refractivity (Wildman–Crippen MR) is 84.7 cm³/mol. The van der Waals surface area contributed by atoms with Crippen molar-refractivity contribution in [2.75, 3.05) is 11.9 Å². The number of hydrogen-bond donors (Lipinski definition) is 2. The maximum absolute atomic E-state index is 12.3. The first-order valence-electron chi connectivity index (χ1n) is 7.42. The van der Waals surface area contributed by atoms with Crippen molar-refractivity contribution in [3.05, 3.63) is 52.3 Å². The first-order valence-corrected chi connectivity index (χ1v) is 7.42. The molecule has 2 aromatic rings. The average molecular weight is 314 g/mol. The van der Waals surface area contributed by atoms with Crippen molar-refractivity contribution in [1.29, 1.82) is 0 Å². The lowest BCUT2D eigenvalue weighted by Crippen LogP contribution is -2.36. The highest BCUT2D eigenvalue weighted by Gasteiger charge is 2.19. The molecule has 120 valence electrons. The first-order chi connectivity index (χ1) is 11.1. The molecule has 2 amide bonds. The number of pyridine rings is 1. The van der Waals surface area contributed by atoms with E-state index >= 15 is 0 Å². The number of carbonyl (C=O) groups excluding carboxylic acids is 1. The SMILES string of the molecule is NC(=O)N1CCCn2c(nc(CNc3ccccn3)cc2=O)C1. The predicted octanol–water partition coefficient (Wildman–Crippen LogP) is 0.535. The Hall–Kier alpha value is -2.90. The smallest absolute Gasteiger partial charge is 0.315 e. The highest BCUT2D eigenvalue weighted by molar-refractivity contribution is 5.71. The zero-order valence-electron chi connectivity index (χ0n) is 12.6. The van der Waals surface area contributed by atoms with Gasteiger partial charge in [-0.25, -0.2) is 14.8 Å². The number of hydrogen-bond acceptors (Lipinski definition) is 5. The molecule has 1 aliphatic rings. The molecule has 23 heavy (non-hydrogen) atoms. The number of carbonyl (C=O) groups is 1. The van der Waals surface area contributed by atoms with Gasteiger partial charge in [0, 0.05) is 25.4 Å². The van der Waals surface area contributed by atoms with Gasteiger partial charge in [0.25, 0.3) is 5.56 Å². The van der Waals surface area contributed by atoms with Crippen molar-refractivity contribution >= 4 is 11.8 Å². The number of fused-ring (bicyclic) bond motifs is 1. The second-order valence-electron chi connectivity index (χ2n) is 5.34. The molecule has 0 bridgehead atoms. The number of nitrogens with one attached hydrogen (secondary N) is 1. The minimum absolute atomic E-state index is 0.112. The van der Waals surface area contributed by atoms with Crippen molar-refractivity contribution in [3.63, 3.8) is 0 Å². The van der Waals surface area contributed by atoms with Gasteiger partial charge in [0.2, 0.25) is 0 Å². The standard InChI is InChI=1S/C15H18N6O2/c16-15(23)20-6-3-7-21-13(10-20)19-11(8-14(21)22)9-18-12-4-1-2-5-17-12/h1-2,4-5,8H,3,6-7,9-10H2,(H2,16,23)(H,17,18). The van der Waals surface area contributed by atoms with Gasteiger partial charge in [-0.3, -0.25) is 9.36 Å². The maximum atomic E-state index is 12.3. The average Bonchev–Trinajstić information content (AvgIpc) is 2.77. The van der Waals surface area contributed by atoms with Crippen LogP contribution in [0, 0.1) is 0 Å². The van der Waals surface area contributed by atoms with E-state index in [1.807, 2.05) is 18.2 Å². The van der Waals surface area contributed by atoms with Crippen LogP contribution in [-0.4, -0.2) is 32.0 Å². The summed E-state index contributed by atoms with van der Waals surface area (Å²) in [6.45, 7) is 1.71. The Morgan fingerprint density at radius 1 is 1.35 bits per heavy atom. The van der Waals surface area contributed by atoms with E-state index in [4.69, 9.17) is 5.73 Å². The second-order valence-corrected chi connectivity index (χ2v) is 5.34. The number of aromatic nitrogens is 3. The largest absolute Gasteiger partial charge is 0.364 e. The third kappa shape index (κ3) is 3.47. The number of nitrogens with zero attached hydrogens (tertiary/aromatic N) is 4. The van der Waals surface area contributed by atoms with Crippen LogP contribution in [0.1, 0.15) is 17.9 Å². The molecule has 2 aromatic heterocycles. The fourth-order valence-electron chi connectivity index (χ4n) is 2.56. The highest BCUT2D eigenvalue weighted by Crippen LogP contribution is 2.10. The molecule has 0 radical (unpaired) electrons. The molecule has 8 heteroatoms. The summed E-state index contributed by atoms with van der Waals surface area (Å²) in [5.74, 6) is 1.27. The van der Waals surface area contributed by atoms with Crippen molar-refractivity contribution in [2.24, 2.45) is 5.73 Å². The summed E-state index contributed by atoms with van der Waals surface area (Å²) in [4.78, 5) is 33.8. The van der Waals surface area contributed by atoms with E-state index in [0.717, 1.165) is 0 Å². The van der Waals surface area contributed by atoms with E-state index in [-0.39, 0.29) is 12.1 Å². The van der Waals surface area contributed by atoms with Gasteiger partial charge in [-0.05, 0) is 18.6 Å². The third-order valence-electron chi connectivity index (χ3n) is 3.71. The molecule has 0 fully saturated rings. The van der Waals surface area contributed by atoms with E-state index in [1.54, 1.807) is 10.8 Å². The molecule has 3 rings (SSSR count). The summed E-state index contributed by atoms with van der Waals surface area (Å²) >= 11 is 0. The minimum atomic E-state index is -0.496. The molecule has 1 aliphatic heterocycles. The number of urea groups is 1. The van der Waals surface area contributed by atoms with Crippen LogP contribution in [0.4, 0.5) is 10.6 Å². The Balaban J connectivity index is 1.82. The molecule has 0 atom stereocenters. The number of anilines is 1. The summed E-state index contributed by atoms with van der Waals surface area (Å²) in [6, 6.07) is 6.56. The van der Waals surface area contributed by atoms with Gasteiger partial charge in [-0.1, -0.05) is 6.07 Å². The molecule has 0 saturated carbocycles. The van der Waals surface area contributed by atoms with Crippen LogP contribution in [0.15, 0.2) is 35.3 Å². The number of rotatable bonds is 3. The maximum Gasteiger partial charge on any atom is 0.315 e. The lowest BCUT2D eigenvalue weighted by atomic mass is 10.3. The monoisotopic (exact) mass is 314 g/mol. The summed E-state index contributed by atoms with van der Waals surface area (Å²) in [6.07, 6.45) is 2.37. The summed E-state index contributed by atoms with van der Waals surface area (Å²) in [7, 11) is 0. The van der Waals surface area contributed by atoms with E-state index in [2.05, 4.69) is 15.3 Å². The van der Waals surface area contributed by atoms with E-state index < -0.39 is 6.03 Å². The summed E-state index contributed by atoms with van der Waals surface area (Å²) < 4.78 is 1.60. The fourth-order valence-corrected chi connectivity index (χ4v) is 2.56. The highest BCUT2D eigenvalue weighted by atomic mass is 16.2. The topological polar surface area (TPSA) is 106 Å². The zero-order valence-corrected chi connectivity index (χ0v) is 12.6. The minimum Gasteiger partial charge on any atom is -0.364 e. The lowest BCUT2D eigenvalue weighted by molar-refractivity contribution is 0.205. The Labute approximate surface area is 133 Å². The van der Waals surface area contributed by atoms with Gasteiger partial charge in [0.1, 0.15) is 11.6 Å². The zero-order chi connectivity index (χ0) is 16.2. The fraction of sp³-hybridized carbons (Fsp3) is 0.333. The molecular weight excluding hydrogens is 296 g/mol. The van der Waals surface area contributed by atoms with Crippen LogP contribution in [0.5, 0.6) is 0 Å². The van der Waals surface area contributed by atoms with Crippen LogP contribution >= 0.6 is 0 Å². The quantitative estimate of drug-likeness (QED) is 0.860. The molecule has 3 N–H and O–H groups in total. The van der Waals surface area contributed by atoms with E-state index in [0.29, 0.717) is 43.4 Å². The van der Waals surface area contributed by atoms with Crippen molar-refractivity contribution < 1.29 is 4.79 Å². The Morgan fingerprint density at radius 2 is 2.22 bits per heavy atom. The summed E-state index contributed by atoms with van der Waals surface area (Å²) in [5.41, 5.74) is 5.85. The van der Waals surface area contributed by atoms with Crippen LogP contribution in [0.2, 0.25) is 0 Å². The van der Waals surface area contributed by atoms with Gasteiger partial charge < -0.3 is 16.0 Å². The van der Waals surface area contributed by atoms with E-state index in [1.165, 1.54) is 11.0 Å². The molecule has 0 saturated heterocycles. The van der Waals surface area contributed by atoms with Gasteiger partial charge in [0.05, 0.1) is 18.8 Å². The molecule has 0 unspecified atom stereocenters. The van der Waals surface area contributed by atoms with Crippen LogP contribution < -0.4 is 16.6 Å². The normalized spacial score (nSPS) is 14.0. The Kier molecular flexibility index (Phi) is 4.22. The first kappa shape index (κ1) is 15.0. The number of amides is 2. The van der Waals surface area contributed by atoms with Gasteiger partial charge >= 0.3 is 6.03 Å². The molecule has 8 nitrogen and oxygen atoms in total. The molecule has 0 aromatic carbocycles. The molecular formula is C15H18N6O2. The third-order valence-corrected chi connectivity index (χ3v) is 3.71. The van der Waals surface area contributed by atoms with Gasteiger partial charge in [0.15, 0.2) is 0 Å². The molecule has 3 heterocycles. The van der Waals surface area contributed by atoms with Crippen molar-refractivity contribution in [2.45, 2.75) is 26.1 Å². The van der Waals surface area contributed by atoms with Crippen LogP contribution in [-0.2, 0) is 19.6 Å². The second kappa shape index (κ2) is 6.47. The summed E-state index contributed by atoms with van der Waals surface area (Å²) in [5, 5.41) is 3.12. The number of nitrogens with two attached hydrogens (primary N) is 1. The van der Waals surface area contributed by atoms with Crippen molar-refractivity contribution in [1.82, 2.24) is 19.4 Å². The Morgan fingerprint density at radius 3 is 2.96 bits per heavy atom. The lowest BCUT2D eigenvalue weighted by Gasteiger charge is -2.17. The molecule has 0 spiro atoms. The van der Waals surface area contributed by atoms with Gasteiger partial charge in [-0.15, -0.1) is 0 Å².